The van der Waals surface area contributed by atoms with Crippen LogP contribution in [0.2, 0.25) is 0 Å². The quantitative estimate of drug-likeness (QED) is 0.880. The van der Waals surface area contributed by atoms with Crippen molar-refractivity contribution in [2.24, 2.45) is 5.92 Å². The number of carbonyl (C=O) groups excluding carboxylic acids is 1. The highest BCUT2D eigenvalue weighted by Crippen LogP contribution is 2.36. The molecule has 1 fully saturated rings. The smallest absolute Gasteiger partial charge is 0.146 e. The molecule has 0 saturated heterocycles. The molecule has 1 aliphatic carbocycles. The van der Waals surface area contributed by atoms with Crippen LogP contribution in [0.25, 0.3) is 0 Å². The Labute approximate surface area is 115 Å². The number of hydrogen-bond donors (Lipinski definition) is 1. The van der Waals surface area contributed by atoms with Crippen molar-refractivity contribution in [1.82, 2.24) is 0 Å². The molecule has 1 aliphatic rings. The summed E-state index contributed by atoms with van der Waals surface area (Å²) in [5.41, 5.74) is 0.512. The van der Waals surface area contributed by atoms with E-state index in [1.54, 1.807) is 0 Å². The minimum Gasteiger partial charge on any atom is -0.396 e. The molecular formula is C17H24O2. The highest BCUT2D eigenvalue weighted by atomic mass is 16.3. The van der Waals surface area contributed by atoms with Gasteiger partial charge in [0, 0.05) is 12.5 Å². The van der Waals surface area contributed by atoms with Crippen molar-refractivity contribution in [2.45, 2.75) is 50.9 Å². The van der Waals surface area contributed by atoms with E-state index in [2.05, 4.69) is 0 Å². The fraction of sp³-hybridized carbons (Fsp3) is 0.588. The lowest BCUT2D eigenvalue weighted by Crippen LogP contribution is -2.39. The Morgan fingerprint density at radius 2 is 1.84 bits per heavy atom. The second-order valence-electron chi connectivity index (χ2n) is 5.87. The number of rotatable bonds is 5. The highest BCUT2D eigenvalue weighted by Gasteiger charge is 2.38. The van der Waals surface area contributed by atoms with Crippen LogP contribution in [0.1, 0.15) is 51.0 Å². The van der Waals surface area contributed by atoms with Crippen LogP contribution in [-0.2, 0) is 10.2 Å². The summed E-state index contributed by atoms with van der Waals surface area (Å²) >= 11 is 0. The Kier molecular flexibility index (Phi) is 4.76. The van der Waals surface area contributed by atoms with Gasteiger partial charge in [0.05, 0.1) is 5.41 Å². The van der Waals surface area contributed by atoms with Gasteiger partial charge in [-0.1, -0.05) is 49.6 Å². The van der Waals surface area contributed by atoms with Crippen LogP contribution < -0.4 is 0 Å². The third kappa shape index (κ3) is 3.06. The summed E-state index contributed by atoms with van der Waals surface area (Å²) in [6, 6.07) is 9.93. The lowest BCUT2D eigenvalue weighted by atomic mass is 9.69. The number of hydrogen-bond acceptors (Lipinski definition) is 2. The monoisotopic (exact) mass is 260 g/mol. The molecule has 0 heterocycles. The Morgan fingerprint density at radius 3 is 2.42 bits per heavy atom. The molecule has 0 bridgehead atoms. The molecule has 1 N–H and O–H groups in total. The zero-order valence-electron chi connectivity index (χ0n) is 11.8. The summed E-state index contributed by atoms with van der Waals surface area (Å²) in [6.45, 7) is 2.05. The van der Waals surface area contributed by atoms with Gasteiger partial charge in [0.15, 0.2) is 0 Å². The summed E-state index contributed by atoms with van der Waals surface area (Å²) < 4.78 is 0. The molecule has 2 nitrogen and oxygen atoms in total. The van der Waals surface area contributed by atoms with E-state index in [0.29, 0.717) is 12.2 Å². The van der Waals surface area contributed by atoms with Gasteiger partial charge >= 0.3 is 0 Å². The largest absolute Gasteiger partial charge is 0.396 e. The normalized spacial score (nSPS) is 19.9. The van der Waals surface area contributed by atoms with Crippen LogP contribution in [0, 0.1) is 5.92 Å². The van der Waals surface area contributed by atoms with Gasteiger partial charge in [-0.2, -0.15) is 0 Å². The van der Waals surface area contributed by atoms with Crippen molar-refractivity contribution in [3.05, 3.63) is 35.9 Å². The third-order valence-corrected chi connectivity index (χ3v) is 4.54. The van der Waals surface area contributed by atoms with Crippen LogP contribution in [0.15, 0.2) is 30.3 Å². The van der Waals surface area contributed by atoms with E-state index in [1.807, 2.05) is 37.3 Å². The van der Waals surface area contributed by atoms with E-state index in [9.17, 15) is 9.90 Å². The molecule has 0 radical (unpaired) electrons. The van der Waals surface area contributed by atoms with Crippen molar-refractivity contribution in [3.63, 3.8) is 0 Å². The second-order valence-corrected chi connectivity index (χ2v) is 5.87. The first-order valence-electron chi connectivity index (χ1n) is 7.39. The van der Waals surface area contributed by atoms with E-state index in [4.69, 9.17) is 0 Å². The lowest BCUT2D eigenvalue weighted by molar-refractivity contribution is -0.129. The summed E-state index contributed by atoms with van der Waals surface area (Å²) in [4.78, 5) is 12.9. The standard InChI is InChI=1S/C17H24O2/c1-17(12-13-18,15-10-6-3-7-11-15)16(19)14-8-4-2-5-9-14/h3,6-7,10-11,14,18H,2,4-5,8-9,12-13H2,1H3/t17-/m0/s1. The molecule has 1 aromatic carbocycles. The number of aliphatic hydroxyl groups excluding tert-OH is 1. The molecule has 0 amide bonds. The zero-order chi connectivity index (χ0) is 13.7. The minimum absolute atomic E-state index is 0.0594. The van der Waals surface area contributed by atoms with Crippen LogP contribution in [0.5, 0.6) is 0 Å². The number of aliphatic hydroxyl groups is 1. The van der Waals surface area contributed by atoms with E-state index < -0.39 is 5.41 Å². The highest BCUT2D eigenvalue weighted by molar-refractivity contribution is 5.91. The van der Waals surface area contributed by atoms with Gasteiger partial charge in [0.1, 0.15) is 5.78 Å². The van der Waals surface area contributed by atoms with Crippen molar-refractivity contribution in [2.75, 3.05) is 6.61 Å². The summed E-state index contributed by atoms with van der Waals surface area (Å²) in [7, 11) is 0. The first kappa shape index (κ1) is 14.3. The van der Waals surface area contributed by atoms with E-state index in [-0.39, 0.29) is 12.5 Å². The lowest BCUT2D eigenvalue weighted by Gasteiger charge is -2.33. The van der Waals surface area contributed by atoms with Gasteiger partial charge in [-0.05, 0) is 31.7 Å². The minimum atomic E-state index is -0.530. The van der Waals surface area contributed by atoms with Crippen molar-refractivity contribution in [1.29, 1.82) is 0 Å². The van der Waals surface area contributed by atoms with Crippen LogP contribution >= 0.6 is 0 Å². The van der Waals surface area contributed by atoms with Crippen molar-refractivity contribution in [3.8, 4) is 0 Å². The third-order valence-electron chi connectivity index (χ3n) is 4.54. The Hall–Kier alpha value is -1.15. The second kappa shape index (κ2) is 6.33. The number of benzene rings is 1. The molecule has 19 heavy (non-hydrogen) atoms. The molecule has 0 aliphatic heterocycles. The maximum atomic E-state index is 12.9. The summed E-state index contributed by atoms with van der Waals surface area (Å²) in [6.07, 6.45) is 6.15. The molecule has 104 valence electrons. The van der Waals surface area contributed by atoms with Gasteiger partial charge in [-0.15, -0.1) is 0 Å². The van der Waals surface area contributed by atoms with Gasteiger partial charge in [-0.3, -0.25) is 4.79 Å². The fourth-order valence-corrected chi connectivity index (χ4v) is 3.25. The summed E-state index contributed by atoms with van der Waals surface area (Å²) in [5, 5.41) is 9.36. The molecule has 1 saturated carbocycles. The summed E-state index contributed by atoms with van der Waals surface area (Å²) in [5.74, 6) is 0.512. The molecule has 1 aromatic rings. The molecule has 0 unspecified atom stereocenters. The number of carbonyl (C=O) groups is 1. The average molecular weight is 260 g/mol. The van der Waals surface area contributed by atoms with Crippen LogP contribution in [0.4, 0.5) is 0 Å². The predicted octanol–water partition coefficient (Wildman–Crippen LogP) is 3.48. The predicted molar refractivity (Wildman–Crippen MR) is 77.1 cm³/mol. The number of Topliss-reactive ketones (excluding diaryl/α,β-unsaturated/α-hetero) is 1. The van der Waals surface area contributed by atoms with E-state index in [1.165, 1.54) is 19.3 Å². The Morgan fingerprint density at radius 1 is 1.21 bits per heavy atom. The molecule has 0 aromatic heterocycles. The molecule has 0 spiro atoms. The fourth-order valence-electron chi connectivity index (χ4n) is 3.25. The molecule has 2 rings (SSSR count). The van der Waals surface area contributed by atoms with Gasteiger partial charge in [-0.25, -0.2) is 0 Å². The first-order valence-corrected chi connectivity index (χ1v) is 7.39. The van der Waals surface area contributed by atoms with E-state index >= 15 is 0 Å². The average Bonchev–Trinajstić information content (AvgIpc) is 2.48. The van der Waals surface area contributed by atoms with Gasteiger partial charge < -0.3 is 5.11 Å². The maximum absolute atomic E-state index is 12.9. The topological polar surface area (TPSA) is 37.3 Å². The zero-order valence-corrected chi connectivity index (χ0v) is 11.8. The van der Waals surface area contributed by atoms with Gasteiger partial charge in [0.25, 0.3) is 0 Å². The van der Waals surface area contributed by atoms with Crippen molar-refractivity contribution >= 4 is 5.78 Å². The Balaban J connectivity index is 2.25. The number of ketones is 1. The van der Waals surface area contributed by atoms with E-state index in [0.717, 1.165) is 18.4 Å². The molecular weight excluding hydrogens is 236 g/mol. The maximum Gasteiger partial charge on any atom is 0.146 e. The molecule has 2 heteroatoms. The first-order chi connectivity index (χ1) is 9.18. The van der Waals surface area contributed by atoms with Crippen molar-refractivity contribution < 1.29 is 9.90 Å². The van der Waals surface area contributed by atoms with Gasteiger partial charge in [0.2, 0.25) is 0 Å². The SMILES string of the molecule is C[C@@](CCO)(C(=O)C1CCCCC1)c1ccccc1. The molecule has 1 atom stereocenters. The van der Waals surface area contributed by atoms with Crippen LogP contribution in [0.3, 0.4) is 0 Å². The van der Waals surface area contributed by atoms with Crippen LogP contribution in [-0.4, -0.2) is 17.5 Å². The Bertz CT molecular complexity index is 407.